The summed E-state index contributed by atoms with van der Waals surface area (Å²) >= 11 is -2.25. The van der Waals surface area contributed by atoms with Crippen molar-refractivity contribution in [2.45, 2.75) is 13.8 Å². The summed E-state index contributed by atoms with van der Waals surface area (Å²) in [6.07, 6.45) is 0. The summed E-state index contributed by atoms with van der Waals surface area (Å²) in [7, 11) is 0. The summed E-state index contributed by atoms with van der Waals surface area (Å²) in [6.45, 7) is 5.69. The second-order valence-electron chi connectivity index (χ2n) is 9.04. The van der Waals surface area contributed by atoms with E-state index in [1.165, 1.54) is 12.1 Å². The molecule has 1 N–H and O–H groups in total. The number of benzene rings is 4. The average Bonchev–Trinajstić information content (AvgIpc) is 2.98. The minimum atomic E-state index is -2.25. The molecule has 6 nitrogen and oxygen atoms in total. The van der Waals surface area contributed by atoms with Crippen molar-refractivity contribution in [2.75, 3.05) is 18.0 Å². The van der Waals surface area contributed by atoms with Gasteiger partial charge in [-0.05, 0) is 13.8 Å². The Bertz CT molecular complexity index is 1700. The predicted molar refractivity (Wildman–Crippen MR) is 166 cm³/mol. The van der Waals surface area contributed by atoms with Crippen LogP contribution in [0.2, 0.25) is 0 Å². The minimum absolute atomic E-state index is 0.0420. The average molecular weight is 645 g/mol. The van der Waals surface area contributed by atoms with Crippen LogP contribution in [0.15, 0.2) is 112 Å². The van der Waals surface area contributed by atoms with Crippen LogP contribution in [0.5, 0.6) is 0 Å². The van der Waals surface area contributed by atoms with Gasteiger partial charge in [-0.25, -0.2) is 0 Å². The number of nitrogens with zero attached hydrogens (tertiary/aromatic N) is 1. The molecule has 0 spiro atoms. The summed E-state index contributed by atoms with van der Waals surface area (Å²) in [4.78, 5) is 41.1. The van der Waals surface area contributed by atoms with Crippen LogP contribution in [0.1, 0.15) is 40.1 Å². The Balaban J connectivity index is 1.58. The van der Waals surface area contributed by atoms with Crippen LogP contribution in [0, 0.1) is 10.7 Å². The van der Waals surface area contributed by atoms with E-state index < -0.39 is 37.2 Å². The van der Waals surface area contributed by atoms with E-state index >= 15 is 0 Å². The second kappa shape index (κ2) is 11.9. The van der Waals surface area contributed by atoms with E-state index in [1.54, 1.807) is 18.2 Å². The molecule has 0 bridgehead atoms. The first-order valence-electron chi connectivity index (χ1n) is 13.0. The van der Waals surface area contributed by atoms with Gasteiger partial charge >= 0.3 is 213 Å². The molecule has 0 aliphatic heterocycles. The maximum absolute atomic E-state index is 13.6. The van der Waals surface area contributed by atoms with Crippen LogP contribution in [0.4, 0.5) is 5.69 Å². The molecule has 5 aromatic rings. The van der Waals surface area contributed by atoms with Crippen LogP contribution in [0.3, 0.4) is 0 Å². The SMILES string of the molecule is CCN(CC)c1ccc2cc(C(=O)c3ccc(I(c4ccccc4)c4ccccc4)cc3C(=O)O)c(=O)oc2c1. The maximum atomic E-state index is 13.6. The van der Waals surface area contributed by atoms with Gasteiger partial charge in [-0.3, -0.25) is 0 Å². The predicted octanol–water partition coefficient (Wildman–Crippen LogP) is 6.98. The summed E-state index contributed by atoms with van der Waals surface area (Å²) in [5, 5.41) is 10.7. The molecule has 0 saturated carbocycles. The molecule has 4 aromatic carbocycles. The first kappa shape index (κ1) is 27.3. The Hall–Kier alpha value is -4.24. The number of anilines is 1. The molecule has 0 aliphatic carbocycles. The van der Waals surface area contributed by atoms with E-state index in [0.29, 0.717) is 11.0 Å². The molecule has 0 atom stereocenters. The number of carboxylic acid groups (broad SMARTS) is 1. The van der Waals surface area contributed by atoms with Crippen molar-refractivity contribution >= 4 is 48.2 Å². The van der Waals surface area contributed by atoms with Gasteiger partial charge in [0.1, 0.15) is 0 Å². The molecule has 1 aromatic heterocycles. The van der Waals surface area contributed by atoms with Crippen LogP contribution in [-0.2, 0) is 0 Å². The molecule has 0 amide bonds. The van der Waals surface area contributed by atoms with Crippen LogP contribution in [0.25, 0.3) is 11.0 Å². The number of hydrogen-bond acceptors (Lipinski definition) is 5. The van der Waals surface area contributed by atoms with Crippen molar-refractivity contribution in [3.63, 3.8) is 0 Å². The van der Waals surface area contributed by atoms with E-state index in [1.807, 2.05) is 62.4 Å². The fourth-order valence-corrected chi connectivity index (χ4v) is 10.2. The van der Waals surface area contributed by atoms with Crippen molar-refractivity contribution in [3.8, 4) is 0 Å². The topological polar surface area (TPSA) is 87.8 Å². The molecule has 7 heteroatoms. The van der Waals surface area contributed by atoms with E-state index in [4.69, 9.17) is 4.42 Å². The van der Waals surface area contributed by atoms with Crippen molar-refractivity contribution in [2.24, 2.45) is 0 Å². The van der Waals surface area contributed by atoms with Crippen LogP contribution < -0.4 is 10.5 Å². The number of ketones is 1. The third-order valence-corrected chi connectivity index (χ3v) is 12.5. The Labute approximate surface area is 239 Å². The van der Waals surface area contributed by atoms with Gasteiger partial charge in [0.2, 0.25) is 0 Å². The van der Waals surface area contributed by atoms with Crippen LogP contribution in [-0.4, -0.2) is 29.9 Å². The van der Waals surface area contributed by atoms with Gasteiger partial charge in [-0.15, -0.1) is 0 Å². The van der Waals surface area contributed by atoms with Crippen LogP contribution >= 0.6 is 19.8 Å². The molecule has 40 heavy (non-hydrogen) atoms. The third kappa shape index (κ3) is 5.42. The third-order valence-electron chi connectivity index (χ3n) is 6.67. The fraction of sp³-hybridized carbons (Fsp3) is 0.121. The monoisotopic (exact) mass is 645 g/mol. The normalized spacial score (nSPS) is 11.3. The summed E-state index contributed by atoms with van der Waals surface area (Å²) in [6, 6.07) is 32.0. The number of carbonyl (C=O) groups is 2. The van der Waals surface area contributed by atoms with E-state index in [2.05, 4.69) is 29.2 Å². The molecule has 0 fully saturated rings. The first-order chi connectivity index (χ1) is 19.4. The Kier molecular flexibility index (Phi) is 8.11. The molecule has 202 valence electrons. The van der Waals surface area contributed by atoms with Crippen molar-refractivity contribution in [1.29, 1.82) is 0 Å². The Morgan fingerprint density at radius 1 is 0.725 bits per heavy atom. The van der Waals surface area contributed by atoms with Crippen molar-refractivity contribution in [3.05, 3.63) is 141 Å². The number of rotatable bonds is 9. The van der Waals surface area contributed by atoms with E-state index in [-0.39, 0.29) is 16.7 Å². The zero-order valence-corrected chi connectivity index (χ0v) is 24.3. The van der Waals surface area contributed by atoms with Gasteiger partial charge in [0.25, 0.3) is 0 Å². The molecular formula is C33H28INO5. The van der Waals surface area contributed by atoms with Gasteiger partial charge in [0.05, 0.1) is 0 Å². The standard InChI is InChI=1S/C33H28INO5/c1-3-35(4-2)26-17-15-22-19-29(33(39)40-30(22)21-26)31(36)27-18-16-25(20-28(27)32(37)38)34(23-11-7-5-8-12-23)24-13-9-6-10-14-24/h5-21H,3-4H2,1-2H3,(H,37,38). The van der Waals surface area contributed by atoms with Crippen molar-refractivity contribution in [1.82, 2.24) is 0 Å². The summed E-state index contributed by atoms with van der Waals surface area (Å²) in [5.41, 5.74) is 0.128. The van der Waals surface area contributed by atoms with Gasteiger partial charge < -0.3 is 0 Å². The zero-order valence-electron chi connectivity index (χ0n) is 22.1. The molecule has 0 saturated heterocycles. The van der Waals surface area contributed by atoms with Gasteiger partial charge in [0.15, 0.2) is 0 Å². The molecule has 0 aliphatic rings. The Morgan fingerprint density at radius 2 is 1.35 bits per heavy atom. The van der Waals surface area contributed by atoms with E-state index in [0.717, 1.165) is 29.5 Å². The van der Waals surface area contributed by atoms with Crippen molar-refractivity contribution < 1.29 is 19.1 Å². The number of carbonyl (C=O) groups excluding carboxylic acids is 1. The van der Waals surface area contributed by atoms with Gasteiger partial charge in [0, 0.05) is 13.1 Å². The zero-order chi connectivity index (χ0) is 28.2. The summed E-state index contributed by atoms with van der Waals surface area (Å²) < 4.78 is 8.72. The number of carboxylic acids is 1. The number of halogens is 1. The quantitative estimate of drug-likeness (QED) is 0.106. The molecule has 0 radical (unpaired) electrons. The number of aromatic carboxylic acids is 1. The second-order valence-corrected chi connectivity index (χ2v) is 14.4. The first-order valence-corrected chi connectivity index (χ1v) is 16.2. The van der Waals surface area contributed by atoms with Gasteiger partial charge in [-0.1, -0.05) is 0 Å². The molecular weight excluding hydrogens is 617 g/mol. The van der Waals surface area contributed by atoms with Gasteiger partial charge in [-0.2, -0.15) is 0 Å². The fourth-order valence-electron chi connectivity index (χ4n) is 4.66. The molecule has 5 rings (SSSR count). The summed E-state index contributed by atoms with van der Waals surface area (Å²) in [5.74, 6) is -1.90. The number of hydrogen-bond donors (Lipinski definition) is 1. The number of fused-ring (bicyclic) bond motifs is 1. The van der Waals surface area contributed by atoms with E-state index in [9.17, 15) is 19.5 Å². The Morgan fingerprint density at radius 3 is 1.93 bits per heavy atom. The molecule has 0 unspecified atom stereocenters. The molecule has 1 heterocycles.